The summed E-state index contributed by atoms with van der Waals surface area (Å²) in [4.78, 5) is 14.5. The molecule has 122 valence electrons. The molecule has 0 aliphatic carbocycles. The Bertz CT molecular complexity index is 503. The van der Waals surface area contributed by atoms with E-state index in [2.05, 4.69) is 21.9 Å². The Morgan fingerprint density at radius 1 is 1.32 bits per heavy atom. The fraction of sp³-hybridized carbons (Fsp3) is 0.562. The standard InChI is InChI=1S/C16H22F2N2O2/c1-11-7-9-20(10-8-11)12(2)15(21)19-13-5-3-4-6-14(13)22-16(17)18/h3-6,11-12,16H,7-10H2,1-2H3,(H,19,21)/t12-/m0/s1. The number of carbonyl (C=O) groups is 1. The molecular formula is C16H22F2N2O2. The van der Waals surface area contributed by atoms with Gasteiger partial charge in [-0.3, -0.25) is 9.69 Å². The van der Waals surface area contributed by atoms with Crippen LogP contribution in [0.25, 0.3) is 0 Å². The number of nitrogens with one attached hydrogen (secondary N) is 1. The summed E-state index contributed by atoms with van der Waals surface area (Å²) in [6.45, 7) is 2.89. The van der Waals surface area contributed by atoms with Gasteiger partial charge in [0.05, 0.1) is 11.7 Å². The fourth-order valence-corrected chi connectivity index (χ4v) is 2.59. The van der Waals surface area contributed by atoms with Gasteiger partial charge in [-0.05, 0) is 50.9 Å². The topological polar surface area (TPSA) is 41.6 Å². The van der Waals surface area contributed by atoms with Crippen molar-refractivity contribution in [3.05, 3.63) is 24.3 Å². The predicted molar refractivity (Wildman–Crippen MR) is 81.1 cm³/mol. The first-order chi connectivity index (χ1) is 10.5. The molecule has 1 aromatic carbocycles. The lowest BCUT2D eigenvalue weighted by molar-refractivity contribution is -0.121. The normalized spacial score (nSPS) is 18.2. The first kappa shape index (κ1) is 16.7. The van der Waals surface area contributed by atoms with E-state index in [1.807, 2.05) is 6.92 Å². The van der Waals surface area contributed by atoms with Crippen molar-refractivity contribution >= 4 is 11.6 Å². The number of hydrogen-bond donors (Lipinski definition) is 1. The molecule has 1 aromatic rings. The molecule has 1 aliphatic heterocycles. The molecule has 22 heavy (non-hydrogen) atoms. The first-order valence-electron chi connectivity index (χ1n) is 7.56. The van der Waals surface area contributed by atoms with Crippen LogP contribution in [0.5, 0.6) is 5.75 Å². The van der Waals surface area contributed by atoms with Crippen LogP contribution < -0.4 is 10.1 Å². The molecule has 1 heterocycles. The van der Waals surface area contributed by atoms with E-state index in [1.165, 1.54) is 6.07 Å². The van der Waals surface area contributed by atoms with E-state index in [0.29, 0.717) is 5.92 Å². The number of ether oxygens (including phenoxy) is 1. The Balaban J connectivity index is 1.99. The average Bonchev–Trinajstić information content (AvgIpc) is 2.48. The predicted octanol–water partition coefficient (Wildman–Crippen LogP) is 3.35. The third kappa shape index (κ3) is 4.40. The monoisotopic (exact) mass is 312 g/mol. The second kappa shape index (κ2) is 7.54. The summed E-state index contributed by atoms with van der Waals surface area (Å²) in [7, 11) is 0. The zero-order valence-electron chi connectivity index (χ0n) is 12.9. The zero-order valence-corrected chi connectivity index (χ0v) is 12.9. The minimum Gasteiger partial charge on any atom is -0.433 e. The number of amides is 1. The van der Waals surface area contributed by atoms with E-state index in [0.717, 1.165) is 25.9 Å². The molecule has 1 aliphatic rings. The third-order valence-electron chi connectivity index (χ3n) is 4.11. The number of halogens is 2. The van der Waals surface area contributed by atoms with Gasteiger partial charge in [-0.25, -0.2) is 0 Å². The summed E-state index contributed by atoms with van der Waals surface area (Å²) >= 11 is 0. The van der Waals surface area contributed by atoms with Crippen LogP contribution in [0.1, 0.15) is 26.7 Å². The van der Waals surface area contributed by atoms with Crippen LogP contribution in [0.15, 0.2) is 24.3 Å². The van der Waals surface area contributed by atoms with Crippen LogP contribution in [0, 0.1) is 5.92 Å². The third-order valence-corrected chi connectivity index (χ3v) is 4.11. The van der Waals surface area contributed by atoms with Crippen molar-refractivity contribution in [2.75, 3.05) is 18.4 Å². The summed E-state index contributed by atoms with van der Waals surface area (Å²) in [6, 6.07) is 5.92. The van der Waals surface area contributed by atoms with Crippen LogP contribution in [0.2, 0.25) is 0 Å². The number of para-hydroxylation sites is 2. The van der Waals surface area contributed by atoms with Gasteiger partial charge in [0, 0.05) is 0 Å². The van der Waals surface area contributed by atoms with Gasteiger partial charge in [-0.2, -0.15) is 8.78 Å². The van der Waals surface area contributed by atoms with E-state index in [9.17, 15) is 13.6 Å². The van der Waals surface area contributed by atoms with Crippen LogP contribution in [0.3, 0.4) is 0 Å². The SMILES string of the molecule is CC1CCN([C@@H](C)C(=O)Nc2ccccc2OC(F)F)CC1. The summed E-state index contributed by atoms with van der Waals surface area (Å²) in [5.74, 6) is 0.455. The van der Waals surface area contributed by atoms with E-state index < -0.39 is 6.61 Å². The Kier molecular flexibility index (Phi) is 5.71. The highest BCUT2D eigenvalue weighted by Crippen LogP contribution is 2.26. The second-order valence-corrected chi connectivity index (χ2v) is 5.76. The van der Waals surface area contributed by atoms with Crippen molar-refractivity contribution in [1.29, 1.82) is 0 Å². The van der Waals surface area contributed by atoms with Gasteiger partial charge in [0.2, 0.25) is 5.91 Å². The number of piperidine rings is 1. The molecular weight excluding hydrogens is 290 g/mol. The Hall–Kier alpha value is -1.69. The molecule has 1 saturated heterocycles. The number of carbonyl (C=O) groups excluding carboxylic acids is 1. The lowest BCUT2D eigenvalue weighted by atomic mass is 9.98. The molecule has 2 rings (SSSR count). The molecule has 1 atom stereocenters. The lowest BCUT2D eigenvalue weighted by Gasteiger charge is -2.34. The highest BCUT2D eigenvalue weighted by Gasteiger charge is 2.25. The van der Waals surface area contributed by atoms with Crippen LogP contribution >= 0.6 is 0 Å². The minimum absolute atomic E-state index is 0.0229. The van der Waals surface area contributed by atoms with Gasteiger partial charge in [0.15, 0.2) is 0 Å². The van der Waals surface area contributed by atoms with Crippen LogP contribution in [-0.4, -0.2) is 36.5 Å². The van der Waals surface area contributed by atoms with Crippen molar-refractivity contribution in [2.24, 2.45) is 5.92 Å². The maximum atomic E-state index is 12.4. The molecule has 1 fully saturated rings. The molecule has 0 aromatic heterocycles. The van der Waals surface area contributed by atoms with Gasteiger partial charge < -0.3 is 10.1 Å². The number of alkyl halides is 2. The van der Waals surface area contributed by atoms with Gasteiger partial charge in [0.25, 0.3) is 0 Å². The molecule has 4 nitrogen and oxygen atoms in total. The highest BCUT2D eigenvalue weighted by atomic mass is 19.3. The molecule has 0 unspecified atom stereocenters. The molecule has 0 bridgehead atoms. The lowest BCUT2D eigenvalue weighted by Crippen LogP contribution is -2.45. The van der Waals surface area contributed by atoms with Crippen LogP contribution in [-0.2, 0) is 4.79 Å². The van der Waals surface area contributed by atoms with Gasteiger partial charge in [0.1, 0.15) is 5.75 Å². The Morgan fingerprint density at radius 2 is 1.95 bits per heavy atom. The number of benzene rings is 1. The van der Waals surface area contributed by atoms with Gasteiger partial charge >= 0.3 is 6.61 Å². The molecule has 0 spiro atoms. The van der Waals surface area contributed by atoms with E-state index >= 15 is 0 Å². The number of rotatable bonds is 5. The van der Waals surface area contributed by atoms with Gasteiger partial charge in [-0.15, -0.1) is 0 Å². The smallest absolute Gasteiger partial charge is 0.387 e. The van der Waals surface area contributed by atoms with E-state index in [4.69, 9.17) is 0 Å². The molecule has 1 N–H and O–H groups in total. The van der Waals surface area contributed by atoms with Crippen molar-refractivity contribution in [3.8, 4) is 5.75 Å². The average molecular weight is 312 g/mol. The van der Waals surface area contributed by atoms with E-state index in [-0.39, 0.29) is 23.4 Å². The largest absolute Gasteiger partial charge is 0.433 e. The minimum atomic E-state index is -2.92. The molecule has 6 heteroatoms. The highest BCUT2D eigenvalue weighted by molar-refractivity contribution is 5.95. The summed E-state index contributed by atoms with van der Waals surface area (Å²) in [5, 5.41) is 2.69. The zero-order chi connectivity index (χ0) is 16.1. The molecule has 0 radical (unpaired) electrons. The number of likely N-dealkylation sites (tertiary alicyclic amines) is 1. The van der Waals surface area contributed by atoms with Crippen LogP contribution in [0.4, 0.5) is 14.5 Å². The summed E-state index contributed by atoms with van der Waals surface area (Å²) in [5.41, 5.74) is 0.269. The Labute approximate surface area is 129 Å². The van der Waals surface area contributed by atoms with E-state index in [1.54, 1.807) is 18.2 Å². The first-order valence-corrected chi connectivity index (χ1v) is 7.56. The van der Waals surface area contributed by atoms with Crippen molar-refractivity contribution in [1.82, 2.24) is 4.90 Å². The summed E-state index contributed by atoms with van der Waals surface area (Å²) < 4.78 is 29.2. The molecule has 1 amide bonds. The fourth-order valence-electron chi connectivity index (χ4n) is 2.59. The van der Waals surface area contributed by atoms with Crippen molar-refractivity contribution < 1.29 is 18.3 Å². The van der Waals surface area contributed by atoms with Crippen molar-refractivity contribution in [2.45, 2.75) is 39.3 Å². The van der Waals surface area contributed by atoms with Gasteiger partial charge in [-0.1, -0.05) is 19.1 Å². The number of nitrogens with zero attached hydrogens (tertiary/aromatic N) is 1. The quantitative estimate of drug-likeness (QED) is 0.906. The Morgan fingerprint density at radius 3 is 2.59 bits per heavy atom. The second-order valence-electron chi connectivity index (χ2n) is 5.76. The maximum Gasteiger partial charge on any atom is 0.387 e. The maximum absolute atomic E-state index is 12.4. The number of hydrogen-bond acceptors (Lipinski definition) is 3. The summed E-state index contributed by atoms with van der Waals surface area (Å²) in [6.07, 6.45) is 2.14. The molecule has 0 saturated carbocycles. The number of anilines is 1. The van der Waals surface area contributed by atoms with Crippen molar-refractivity contribution in [3.63, 3.8) is 0 Å².